The summed E-state index contributed by atoms with van der Waals surface area (Å²) in [6.07, 6.45) is 5.87. The lowest BCUT2D eigenvalue weighted by Crippen LogP contribution is -2.16. The summed E-state index contributed by atoms with van der Waals surface area (Å²) in [6, 6.07) is 6.99. The van der Waals surface area contributed by atoms with Gasteiger partial charge in [0.2, 0.25) is 0 Å². The minimum absolute atomic E-state index is 0.489. The van der Waals surface area contributed by atoms with Crippen molar-refractivity contribution in [3.05, 3.63) is 47.3 Å². The Kier molecular flexibility index (Phi) is 3.51. The molecule has 19 heavy (non-hydrogen) atoms. The lowest BCUT2D eigenvalue weighted by molar-refractivity contribution is 0.300. The molecule has 1 heterocycles. The van der Waals surface area contributed by atoms with E-state index in [1.807, 2.05) is 6.07 Å². The van der Waals surface area contributed by atoms with Gasteiger partial charge >= 0.3 is 0 Å². The van der Waals surface area contributed by atoms with Gasteiger partial charge in [0.05, 0.1) is 6.20 Å². The fourth-order valence-electron chi connectivity index (χ4n) is 1.99. The number of hydrogen-bond donors (Lipinski definition) is 1. The zero-order chi connectivity index (χ0) is 13.1. The Labute approximate surface area is 112 Å². The molecule has 1 fully saturated rings. The lowest BCUT2D eigenvalue weighted by Gasteiger charge is -2.12. The summed E-state index contributed by atoms with van der Waals surface area (Å²) < 4.78 is 10.6. The van der Waals surface area contributed by atoms with Crippen LogP contribution in [0.2, 0.25) is 0 Å². The molecule has 2 aromatic rings. The van der Waals surface area contributed by atoms with E-state index in [0.717, 1.165) is 17.9 Å². The van der Waals surface area contributed by atoms with Crippen molar-refractivity contribution in [3.63, 3.8) is 0 Å². The van der Waals surface area contributed by atoms with Gasteiger partial charge < -0.3 is 14.6 Å². The Morgan fingerprint density at radius 3 is 3.05 bits per heavy atom. The van der Waals surface area contributed by atoms with E-state index in [2.05, 4.69) is 29.5 Å². The first kappa shape index (κ1) is 12.2. The number of benzene rings is 1. The highest BCUT2D eigenvalue weighted by molar-refractivity contribution is 5.37. The number of ether oxygens (including phenoxy) is 1. The second-order valence-corrected chi connectivity index (χ2v) is 5.09. The topological polar surface area (TPSA) is 47.3 Å². The normalized spacial score (nSPS) is 14.6. The highest BCUT2D eigenvalue weighted by Gasteiger charge is 2.20. The SMILES string of the molecule is Cc1ccc(OCc2cnoc2)c(CNC2CC2)c1. The molecule has 0 saturated heterocycles. The van der Waals surface area contributed by atoms with Crippen LogP contribution in [-0.4, -0.2) is 11.2 Å². The second kappa shape index (κ2) is 5.45. The van der Waals surface area contributed by atoms with Crippen LogP contribution in [0.1, 0.15) is 29.5 Å². The molecule has 1 N–H and O–H groups in total. The standard InChI is InChI=1S/C15H18N2O2/c1-11-2-5-15(18-9-12-7-17-19-10-12)13(6-11)8-16-14-3-4-14/h2,5-7,10,14,16H,3-4,8-9H2,1H3. The molecule has 1 aliphatic carbocycles. The van der Waals surface area contributed by atoms with Crippen molar-refractivity contribution in [1.82, 2.24) is 10.5 Å². The molecular weight excluding hydrogens is 240 g/mol. The molecule has 0 amide bonds. The summed E-state index contributed by atoms with van der Waals surface area (Å²) >= 11 is 0. The van der Waals surface area contributed by atoms with Crippen molar-refractivity contribution in [2.45, 2.75) is 39.0 Å². The Balaban J connectivity index is 1.67. The van der Waals surface area contributed by atoms with E-state index in [9.17, 15) is 0 Å². The molecule has 0 atom stereocenters. The minimum Gasteiger partial charge on any atom is -0.488 e. The van der Waals surface area contributed by atoms with E-state index < -0.39 is 0 Å². The van der Waals surface area contributed by atoms with Gasteiger partial charge in [0.1, 0.15) is 18.6 Å². The van der Waals surface area contributed by atoms with Gasteiger partial charge in [-0.2, -0.15) is 0 Å². The maximum atomic E-state index is 5.85. The van der Waals surface area contributed by atoms with Crippen molar-refractivity contribution in [1.29, 1.82) is 0 Å². The molecule has 4 heteroatoms. The first-order valence-corrected chi connectivity index (χ1v) is 6.65. The van der Waals surface area contributed by atoms with Gasteiger partial charge in [0.15, 0.2) is 0 Å². The van der Waals surface area contributed by atoms with Crippen LogP contribution < -0.4 is 10.1 Å². The van der Waals surface area contributed by atoms with E-state index in [0.29, 0.717) is 12.6 Å². The third-order valence-corrected chi connectivity index (χ3v) is 3.25. The van der Waals surface area contributed by atoms with Crippen molar-refractivity contribution in [2.75, 3.05) is 0 Å². The molecule has 0 bridgehead atoms. The average molecular weight is 258 g/mol. The van der Waals surface area contributed by atoms with Crippen LogP contribution in [-0.2, 0) is 13.2 Å². The third kappa shape index (κ3) is 3.35. The summed E-state index contributed by atoms with van der Waals surface area (Å²) in [5, 5.41) is 7.19. The predicted molar refractivity (Wildman–Crippen MR) is 71.9 cm³/mol. The molecule has 1 aliphatic rings. The average Bonchev–Trinajstić information content (AvgIpc) is 3.10. The number of nitrogens with one attached hydrogen (secondary N) is 1. The smallest absolute Gasteiger partial charge is 0.130 e. The molecule has 1 aromatic heterocycles. The van der Waals surface area contributed by atoms with Gasteiger partial charge in [0.25, 0.3) is 0 Å². The predicted octanol–water partition coefficient (Wildman–Crippen LogP) is 2.81. The number of nitrogens with zero attached hydrogens (tertiary/aromatic N) is 1. The molecule has 4 nitrogen and oxygen atoms in total. The first-order valence-electron chi connectivity index (χ1n) is 6.65. The highest BCUT2D eigenvalue weighted by atomic mass is 16.5. The molecule has 1 aromatic carbocycles. The molecule has 0 unspecified atom stereocenters. The van der Waals surface area contributed by atoms with Crippen LogP contribution in [0.15, 0.2) is 35.2 Å². The second-order valence-electron chi connectivity index (χ2n) is 5.09. The number of hydrogen-bond acceptors (Lipinski definition) is 4. The molecular formula is C15H18N2O2. The molecule has 3 rings (SSSR count). The van der Waals surface area contributed by atoms with E-state index in [-0.39, 0.29) is 0 Å². The Bertz CT molecular complexity index is 533. The third-order valence-electron chi connectivity index (χ3n) is 3.25. The minimum atomic E-state index is 0.489. The molecule has 1 saturated carbocycles. The van der Waals surface area contributed by atoms with Crippen LogP contribution >= 0.6 is 0 Å². The Morgan fingerprint density at radius 1 is 1.42 bits per heavy atom. The molecule has 0 aliphatic heterocycles. The Morgan fingerprint density at radius 2 is 2.32 bits per heavy atom. The van der Waals surface area contributed by atoms with Crippen LogP contribution in [0, 0.1) is 6.92 Å². The summed E-state index contributed by atoms with van der Waals surface area (Å²) in [5.41, 5.74) is 3.41. The fourth-order valence-corrected chi connectivity index (χ4v) is 1.99. The fraction of sp³-hybridized carbons (Fsp3) is 0.400. The first-order chi connectivity index (χ1) is 9.31. The van der Waals surface area contributed by atoms with Gasteiger partial charge in [-0.25, -0.2) is 0 Å². The van der Waals surface area contributed by atoms with E-state index in [1.165, 1.54) is 24.0 Å². The van der Waals surface area contributed by atoms with Gasteiger partial charge in [-0.1, -0.05) is 22.9 Å². The highest BCUT2D eigenvalue weighted by Crippen LogP contribution is 2.24. The lowest BCUT2D eigenvalue weighted by atomic mass is 10.1. The molecule has 100 valence electrons. The van der Waals surface area contributed by atoms with E-state index in [4.69, 9.17) is 9.26 Å². The maximum absolute atomic E-state index is 5.85. The zero-order valence-corrected chi connectivity index (χ0v) is 11.1. The van der Waals surface area contributed by atoms with Crippen LogP contribution in [0.3, 0.4) is 0 Å². The van der Waals surface area contributed by atoms with Crippen molar-refractivity contribution in [2.24, 2.45) is 0 Å². The van der Waals surface area contributed by atoms with Crippen LogP contribution in [0.5, 0.6) is 5.75 Å². The van der Waals surface area contributed by atoms with Crippen LogP contribution in [0.4, 0.5) is 0 Å². The quantitative estimate of drug-likeness (QED) is 0.865. The van der Waals surface area contributed by atoms with Crippen molar-refractivity contribution < 1.29 is 9.26 Å². The van der Waals surface area contributed by atoms with Gasteiger partial charge in [-0.05, 0) is 25.8 Å². The van der Waals surface area contributed by atoms with Gasteiger partial charge in [-0.3, -0.25) is 0 Å². The molecule has 0 radical (unpaired) electrons. The summed E-state index contributed by atoms with van der Waals surface area (Å²) in [5.74, 6) is 0.931. The number of aryl methyl sites for hydroxylation is 1. The Hall–Kier alpha value is -1.81. The zero-order valence-electron chi connectivity index (χ0n) is 11.1. The largest absolute Gasteiger partial charge is 0.488 e. The van der Waals surface area contributed by atoms with Gasteiger partial charge in [-0.15, -0.1) is 0 Å². The number of aromatic nitrogens is 1. The maximum Gasteiger partial charge on any atom is 0.130 e. The summed E-state index contributed by atoms with van der Waals surface area (Å²) in [6.45, 7) is 3.46. The van der Waals surface area contributed by atoms with Crippen LogP contribution in [0.25, 0.3) is 0 Å². The van der Waals surface area contributed by atoms with Gasteiger partial charge in [0, 0.05) is 23.7 Å². The number of rotatable bonds is 6. The summed E-state index contributed by atoms with van der Waals surface area (Å²) in [7, 11) is 0. The summed E-state index contributed by atoms with van der Waals surface area (Å²) in [4.78, 5) is 0. The van der Waals surface area contributed by atoms with E-state index >= 15 is 0 Å². The van der Waals surface area contributed by atoms with E-state index in [1.54, 1.807) is 12.5 Å². The van der Waals surface area contributed by atoms with Crippen molar-refractivity contribution >= 4 is 0 Å². The van der Waals surface area contributed by atoms with Crippen molar-refractivity contribution in [3.8, 4) is 5.75 Å². The molecule has 0 spiro atoms. The monoisotopic (exact) mass is 258 g/mol.